The number of carbonyl (C=O) groups excluding carboxylic acids is 1. The highest BCUT2D eigenvalue weighted by Crippen LogP contribution is 2.48. The van der Waals surface area contributed by atoms with Gasteiger partial charge in [-0.1, -0.05) is 5.11 Å². The van der Waals surface area contributed by atoms with Crippen LogP contribution in [0.4, 0.5) is 8.78 Å². The number of nitrogens with zero attached hydrogens (tertiary/aromatic N) is 4. The first kappa shape index (κ1) is 11.1. The van der Waals surface area contributed by atoms with Gasteiger partial charge in [0.25, 0.3) is 5.92 Å². The molecule has 1 aliphatic carbocycles. The molecule has 0 radical (unpaired) electrons. The first-order valence-corrected chi connectivity index (χ1v) is 5.21. The quantitative estimate of drug-likeness (QED) is 0.405. The third-order valence-corrected chi connectivity index (χ3v) is 3.45. The molecule has 2 aliphatic rings. The lowest BCUT2D eigenvalue weighted by molar-refractivity contribution is -0.129. The van der Waals surface area contributed by atoms with Crippen molar-refractivity contribution in [2.45, 2.75) is 18.8 Å². The average Bonchev–Trinajstić information content (AvgIpc) is 2.77. The summed E-state index contributed by atoms with van der Waals surface area (Å²) in [6.45, 7) is 0.193. The molecule has 1 saturated carbocycles. The fourth-order valence-corrected chi connectivity index (χ4v) is 2.60. The van der Waals surface area contributed by atoms with Gasteiger partial charge in [0.2, 0.25) is 5.91 Å². The van der Waals surface area contributed by atoms with E-state index in [-0.39, 0.29) is 31.3 Å². The fourth-order valence-electron chi connectivity index (χ4n) is 2.60. The predicted octanol–water partition coefficient (Wildman–Crippen LogP) is 1.80. The van der Waals surface area contributed by atoms with Gasteiger partial charge in [0.1, 0.15) is 6.54 Å². The Morgan fingerprint density at radius 2 is 2.31 bits per heavy atom. The van der Waals surface area contributed by atoms with Crippen molar-refractivity contribution in [2.24, 2.45) is 17.0 Å². The maximum Gasteiger partial charge on any atom is 0.252 e. The molecule has 16 heavy (non-hydrogen) atoms. The minimum absolute atomic E-state index is 0.0687. The van der Waals surface area contributed by atoms with E-state index in [1.54, 1.807) is 0 Å². The van der Waals surface area contributed by atoms with Crippen LogP contribution in [0.15, 0.2) is 5.11 Å². The minimum atomic E-state index is -2.64. The molecular formula is C9H12F2N4O. The standard InChI is InChI=1S/C9H12F2N4O/c10-9(11)2-1-6-4-15(5-7(6)9)8(16)3-13-14-12/h6-7H,1-5H2. The van der Waals surface area contributed by atoms with E-state index in [0.29, 0.717) is 13.0 Å². The van der Waals surface area contributed by atoms with E-state index >= 15 is 0 Å². The van der Waals surface area contributed by atoms with Crippen molar-refractivity contribution in [3.8, 4) is 0 Å². The largest absolute Gasteiger partial charge is 0.342 e. The van der Waals surface area contributed by atoms with Gasteiger partial charge in [-0.25, -0.2) is 8.78 Å². The van der Waals surface area contributed by atoms with Crippen molar-refractivity contribution >= 4 is 5.91 Å². The second kappa shape index (κ2) is 3.90. The molecule has 0 N–H and O–H groups in total. The summed E-state index contributed by atoms with van der Waals surface area (Å²) >= 11 is 0. The van der Waals surface area contributed by atoms with Gasteiger partial charge < -0.3 is 4.90 Å². The monoisotopic (exact) mass is 230 g/mol. The molecule has 1 heterocycles. The Kier molecular flexibility index (Phi) is 2.71. The van der Waals surface area contributed by atoms with Crippen LogP contribution in [-0.2, 0) is 4.79 Å². The molecule has 5 nitrogen and oxygen atoms in total. The third-order valence-electron chi connectivity index (χ3n) is 3.45. The van der Waals surface area contributed by atoms with Gasteiger partial charge in [0.15, 0.2) is 0 Å². The number of azide groups is 1. The number of carbonyl (C=O) groups is 1. The van der Waals surface area contributed by atoms with Crippen LogP contribution in [-0.4, -0.2) is 36.4 Å². The van der Waals surface area contributed by atoms with Crippen molar-refractivity contribution < 1.29 is 13.6 Å². The lowest BCUT2D eigenvalue weighted by atomic mass is 9.99. The summed E-state index contributed by atoms with van der Waals surface area (Å²) in [5, 5.41) is 3.15. The molecule has 0 bridgehead atoms. The number of fused-ring (bicyclic) bond motifs is 1. The van der Waals surface area contributed by atoms with Gasteiger partial charge in [-0.15, -0.1) is 0 Å². The summed E-state index contributed by atoms with van der Waals surface area (Å²) < 4.78 is 26.7. The summed E-state index contributed by atoms with van der Waals surface area (Å²) in [6, 6.07) is 0. The first-order chi connectivity index (χ1) is 7.54. The molecule has 1 aliphatic heterocycles. The number of hydrogen-bond donors (Lipinski definition) is 0. The van der Waals surface area contributed by atoms with Crippen molar-refractivity contribution in [3.63, 3.8) is 0 Å². The van der Waals surface area contributed by atoms with Crippen molar-refractivity contribution in [1.82, 2.24) is 4.90 Å². The Hall–Kier alpha value is -1.36. The molecule has 1 saturated heterocycles. The Balaban J connectivity index is 1.98. The summed E-state index contributed by atoms with van der Waals surface area (Å²) in [4.78, 5) is 15.3. The smallest absolute Gasteiger partial charge is 0.252 e. The number of hydrogen-bond acceptors (Lipinski definition) is 2. The van der Waals surface area contributed by atoms with E-state index in [1.165, 1.54) is 4.90 Å². The molecule has 2 atom stereocenters. The third kappa shape index (κ3) is 1.82. The Bertz CT molecular complexity index is 353. The second-order valence-corrected chi connectivity index (χ2v) is 4.35. The molecule has 0 aromatic heterocycles. The van der Waals surface area contributed by atoms with Gasteiger partial charge in [-0.05, 0) is 17.9 Å². The highest BCUT2D eigenvalue weighted by Gasteiger charge is 2.54. The van der Waals surface area contributed by atoms with Crippen LogP contribution in [0.25, 0.3) is 10.4 Å². The van der Waals surface area contributed by atoms with Crippen LogP contribution < -0.4 is 0 Å². The van der Waals surface area contributed by atoms with Gasteiger partial charge >= 0.3 is 0 Å². The van der Waals surface area contributed by atoms with E-state index in [2.05, 4.69) is 10.0 Å². The highest BCUT2D eigenvalue weighted by atomic mass is 19.3. The van der Waals surface area contributed by atoms with Crippen LogP contribution in [0.2, 0.25) is 0 Å². The van der Waals surface area contributed by atoms with Crippen LogP contribution in [0.5, 0.6) is 0 Å². The molecule has 2 fully saturated rings. The number of rotatable bonds is 2. The van der Waals surface area contributed by atoms with Crippen molar-refractivity contribution in [2.75, 3.05) is 19.6 Å². The number of likely N-dealkylation sites (tertiary alicyclic amines) is 1. The summed E-state index contributed by atoms with van der Waals surface area (Å²) in [5.41, 5.74) is 8.07. The lowest BCUT2D eigenvalue weighted by Crippen LogP contribution is -2.34. The molecule has 0 aromatic carbocycles. The number of halogens is 2. The van der Waals surface area contributed by atoms with E-state index in [0.717, 1.165) is 0 Å². The highest BCUT2D eigenvalue weighted by molar-refractivity contribution is 5.78. The minimum Gasteiger partial charge on any atom is -0.342 e. The Morgan fingerprint density at radius 1 is 1.56 bits per heavy atom. The second-order valence-electron chi connectivity index (χ2n) is 4.35. The van der Waals surface area contributed by atoms with Crippen LogP contribution in [0, 0.1) is 11.8 Å². The van der Waals surface area contributed by atoms with Crippen molar-refractivity contribution in [1.29, 1.82) is 0 Å². The van der Waals surface area contributed by atoms with E-state index in [9.17, 15) is 13.6 Å². The van der Waals surface area contributed by atoms with E-state index < -0.39 is 11.8 Å². The predicted molar refractivity (Wildman–Crippen MR) is 51.8 cm³/mol. The van der Waals surface area contributed by atoms with Crippen LogP contribution in [0.3, 0.4) is 0 Å². The fraction of sp³-hybridized carbons (Fsp3) is 0.889. The Morgan fingerprint density at radius 3 is 2.94 bits per heavy atom. The van der Waals surface area contributed by atoms with Gasteiger partial charge in [-0.2, -0.15) is 0 Å². The molecule has 0 aromatic rings. The maximum atomic E-state index is 13.4. The van der Waals surface area contributed by atoms with Crippen LogP contribution >= 0.6 is 0 Å². The Labute approximate surface area is 91.0 Å². The topological polar surface area (TPSA) is 69.1 Å². The molecule has 1 amide bonds. The summed E-state index contributed by atoms with van der Waals surface area (Å²) in [6.07, 6.45) is 0.406. The van der Waals surface area contributed by atoms with Crippen LogP contribution in [0.1, 0.15) is 12.8 Å². The number of amides is 1. The van der Waals surface area contributed by atoms with Crippen molar-refractivity contribution in [3.05, 3.63) is 10.4 Å². The SMILES string of the molecule is [N-]=[N+]=NCC(=O)N1CC2CCC(F)(F)C2C1. The normalized spacial score (nSPS) is 31.0. The maximum absolute atomic E-state index is 13.4. The summed E-state index contributed by atoms with van der Waals surface area (Å²) in [5.74, 6) is -3.80. The zero-order valence-corrected chi connectivity index (χ0v) is 8.64. The molecule has 88 valence electrons. The molecule has 2 unspecified atom stereocenters. The molecule has 2 rings (SSSR count). The zero-order chi connectivity index (χ0) is 11.8. The van der Waals surface area contributed by atoms with Gasteiger partial charge in [0.05, 0.1) is 0 Å². The molecular weight excluding hydrogens is 218 g/mol. The van der Waals surface area contributed by atoms with Gasteiger partial charge in [0, 0.05) is 30.3 Å². The lowest BCUT2D eigenvalue weighted by Gasteiger charge is -2.19. The molecule has 7 heteroatoms. The zero-order valence-electron chi connectivity index (χ0n) is 8.64. The van der Waals surface area contributed by atoms with E-state index in [4.69, 9.17) is 5.53 Å². The average molecular weight is 230 g/mol. The summed E-state index contributed by atoms with van der Waals surface area (Å²) in [7, 11) is 0. The molecule has 0 spiro atoms. The van der Waals surface area contributed by atoms with E-state index in [1.807, 2.05) is 0 Å². The number of alkyl halides is 2. The van der Waals surface area contributed by atoms with Gasteiger partial charge in [-0.3, -0.25) is 4.79 Å². The first-order valence-electron chi connectivity index (χ1n) is 5.21.